The predicted molar refractivity (Wildman–Crippen MR) is 136 cm³/mol. The first-order valence-electron chi connectivity index (χ1n) is 11.2. The van der Waals surface area contributed by atoms with Gasteiger partial charge in [-0.05, 0) is 47.9 Å². The number of anilines is 2. The summed E-state index contributed by atoms with van der Waals surface area (Å²) >= 11 is 0. The lowest BCUT2D eigenvalue weighted by Crippen LogP contribution is -2.37. The lowest BCUT2D eigenvalue weighted by Gasteiger charge is -2.31. The second-order valence-electron chi connectivity index (χ2n) is 8.44. The van der Waals surface area contributed by atoms with Crippen LogP contribution < -0.4 is 24.0 Å². The fourth-order valence-corrected chi connectivity index (χ4v) is 5.57. The van der Waals surface area contributed by atoms with Crippen molar-refractivity contribution in [1.82, 2.24) is 4.72 Å². The number of hydrogen-bond acceptors (Lipinski definition) is 6. The number of hydrogen-bond donors (Lipinski definition) is 1. The second-order valence-corrected chi connectivity index (χ2v) is 10.2. The van der Waals surface area contributed by atoms with E-state index in [4.69, 9.17) is 9.47 Å². The van der Waals surface area contributed by atoms with E-state index in [1.165, 1.54) is 25.8 Å². The number of methoxy groups -OCH3 is 2. The van der Waals surface area contributed by atoms with Crippen LogP contribution >= 0.6 is 0 Å². The summed E-state index contributed by atoms with van der Waals surface area (Å²) in [5, 5.41) is 0. The van der Waals surface area contributed by atoms with Crippen LogP contribution in [0.15, 0.2) is 71.6 Å². The molecule has 7 nitrogen and oxygen atoms in total. The van der Waals surface area contributed by atoms with Crippen LogP contribution in [0, 0.1) is 0 Å². The van der Waals surface area contributed by atoms with Gasteiger partial charge in [0.15, 0.2) is 0 Å². The van der Waals surface area contributed by atoms with Gasteiger partial charge in [-0.25, -0.2) is 13.1 Å². The number of nitrogens with one attached hydrogen (secondary N) is 1. The third kappa shape index (κ3) is 4.83. The molecule has 0 aliphatic carbocycles. The molecule has 0 saturated carbocycles. The van der Waals surface area contributed by atoms with Gasteiger partial charge in [-0.1, -0.05) is 30.3 Å². The van der Waals surface area contributed by atoms with Crippen molar-refractivity contribution >= 4 is 21.4 Å². The van der Waals surface area contributed by atoms with Crippen LogP contribution in [-0.4, -0.2) is 49.8 Å². The van der Waals surface area contributed by atoms with Crippen molar-refractivity contribution in [3.05, 3.63) is 77.9 Å². The molecule has 34 heavy (non-hydrogen) atoms. The first-order chi connectivity index (χ1) is 16.3. The molecule has 3 aromatic carbocycles. The highest BCUT2D eigenvalue weighted by atomic mass is 32.2. The molecule has 0 saturated heterocycles. The molecule has 3 aromatic rings. The van der Waals surface area contributed by atoms with E-state index in [0.717, 1.165) is 29.9 Å². The van der Waals surface area contributed by atoms with E-state index in [2.05, 4.69) is 46.0 Å². The van der Waals surface area contributed by atoms with E-state index < -0.39 is 10.0 Å². The Labute approximate surface area is 202 Å². The molecule has 0 fully saturated rings. The molecule has 1 aliphatic heterocycles. The monoisotopic (exact) mass is 481 g/mol. The van der Waals surface area contributed by atoms with E-state index in [0.29, 0.717) is 5.75 Å². The van der Waals surface area contributed by atoms with Crippen molar-refractivity contribution in [1.29, 1.82) is 0 Å². The molecule has 0 amide bonds. The SMILES string of the molecule is COc1ccc(OC)c(S(=O)(=O)NC[C@H](c2ccc(N(C)C)cc2)N2CCc3ccccc32)c1. The number of sulfonamides is 1. The summed E-state index contributed by atoms with van der Waals surface area (Å²) in [4.78, 5) is 4.38. The van der Waals surface area contributed by atoms with Gasteiger partial charge in [-0.3, -0.25) is 0 Å². The normalized spacial score (nSPS) is 13.9. The minimum absolute atomic E-state index is 0.0536. The van der Waals surface area contributed by atoms with E-state index in [1.54, 1.807) is 12.1 Å². The van der Waals surface area contributed by atoms with Crippen LogP contribution in [0.1, 0.15) is 17.2 Å². The largest absolute Gasteiger partial charge is 0.497 e. The highest BCUT2D eigenvalue weighted by molar-refractivity contribution is 7.89. The lowest BCUT2D eigenvalue weighted by molar-refractivity contribution is 0.392. The van der Waals surface area contributed by atoms with Gasteiger partial charge in [-0.2, -0.15) is 0 Å². The molecule has 0 radical (unpaired) electrons. The van der Waals surface area contributed by atoms with Crippen molar-refractivity contribution in [3.8, 4) is 11.5 Å². The Morgan fingerprint density at radius 2 is 1.74 bits per heavy atom. The molecule has 4 rings (SSSR count). The van der Waals surface area contributed by atoms with Crippen LogP contribution in [-0.2, 0) is 16.4 Å². The van der Waals surface area contributed by atoms with Crippen molar-refractivity contribution in [2.75, 3.05) is 51.2 Å². The van der Waals surface area contributed by atoms with E-state index >= 15 is 0 Å². The maximum Gasteiger partial charge on any atom is 0.244 e. The topological polar surface area (TPSA) is 71.1 Å². The summed E-state index contributed by atoms with van der Waals surface area (Å²) in [5.41, 5.74) is 4.55. The Kier molecular flexibility index (Phi) is 7.00. The van der Waals surface area contributed by atoms with E-state index in [1.807, 2.05) is 31.1 Å². The van der Waals surface area contributed by atoms with Gasteiger partial charge in [0.1, 0.15) is 16.4 Å². The minimum Gasteiger partial charge on any atom is -0.497 e. The molecule has 1 atom stereocenters. The number of fused-ring (bicyclic) bond motifs is 1. The van der Waals surface area contributed by atoms with Gasteiger partial charge < -0.3 is 19.3 Å². The van der Waals surface area contributed by atoms with Gasteiger partial charge in [-0.15, -0.1) is 0 Å². The molecule has 180 valence electrons. The molecule has 0 bridgehead atoms. The van der Waals surface area contributed by atoms with Crippen LogP contribution in [0.2, 0.25) is 0 Å². The zero-order chi connectivity index (χ0) is 24.3. The highest BCUT2D eigenvalue weighted by Crippen LogP contribution is 2.36. The molecule has 8 heteroatoms. The highest BCUT2D eigenvalue weighted by Gasteiger charge is 2.29. The zero-order valence-electron chi connectivity index (χ0n) is 20.0. The summed E-state index contributed by atoms with van der Waals surface area (Å²) in [6, 6.07) is 21.1. The Balaban J connectivity index is 1.67. The van der Waals surface area contributed by atoms with Gasteiger partial charge in [0.25, 0.3) is 0 Å². The van der Waals surface area contributed by atoms with Gasteiger partial charge in [0.05, 0.1) is 20.3 Å². The maximum atomic E-state index is 13.3. The summed E-state index contributed by atoms with van der Waals surface area (Å²) in [6.07, 6.45) is 0.929. The van der Waals surface area contributed by atoms with E-state index in [-0.39, 0.29) is 23.2 Å². The Bertz CT molecular complexity index is 1240. The quantitative estimate of drug-likeness (QED) is 0.501. The molecule has 1 N–H and O–H groups in total. The molecule has 0 spiro atoms. The van der Waals surface area contributed by atoms with Crippen LogP contribution in [0.5, 0.6) is 11.5 Å². The smallest absolute Gasteiger partial charge is 0.244 e. The first-order valence-corrected chi connectivity index (χ1v) is 12.7. The number of ether oxygens (including phenoxy) is 2. The van der Waals surface area contributed by atoms with Crippen molar-refractivity contribution in [2.45, 2.75) is 17.4 Å². The molecule has 0 unspecified atom stereocenters. The zero-order valence-corrected chi connectivity index (χ0v) is 20.8. The van der Waals surface area contributed by atoms with Crippen LogP contribution in [0.25, 0.3) is 0 Å². The van der Waals surface area contributed by atoms with Gasteiger partial charge >= 0.3 is 0 Å². The number of para-hydroxylation sites is 1. The number of rotatable bonds is 9. The van der Waals surface area contributed by atoms with Gasteiger partial charge in [0.2, 0.25) is 10.0 Å². The van der Waals surface area contributed by atoms with E-state index in [9.17, 15) is 8.42 Å². The number of nitrogens with zero attached hydrogens (tertiary/aromatic N) is 2. The standard InChI is InChI=1S/C26H31N3O4S/c1-28(2)21-11-9-20(10-12-21)24(29-16-15-19-7-5-6-8-23(19)29)18-27-34(30,31)26-17-22(32-3)13-14-25(26)33-4/h5-14,17,24,27H,15-16,18H2,1-4H3/t24-/m1/s1. The summed E-state index contributed by atoms with van der Waals surface area (Å²) in [7, 11) is 3.10. The number of benzene rings is 3. The van der Waals surface area contributed by atoms with Crippen molar-refractivity contribution in [2.24, 2.45) is 0 Å². The fourth-order valence-electron chi connectivity index (χ4n) is 4.35. The average Bonchev–Trinajstić information content (AvgIpc) is 3.28. The summed E-state index contributed by atoms with van der Waals surface area (Å²) in [6.45, 7) is 1.03. The lowest BCUT2D eigenvalue weighted by atomic mass is 10.0. The van der Waals surface area contributed by atoms with Gasteiger partial charge in [0, 0.05) is 44.6 Å². The average molecular weight is 482 g/mol. The Morgan fingerprint density at radius 1 is 1.00 bits per heavy atom. The van der Waals surface area contributed by atoms with Crippen molar-refractivity contribution in [3.63, 3.8) is 0 Å². The Morgan fingerprint density at radius 3 is 2.41 bits per heavy atom. The Hall–Kier alpha value is -3.23. The molecular weight excluding hydrogens is 450 g/mol. The van der Waals surface area contributed by atoms with Crippen LogP contribution in [0.3, 0.4) is 0 Å². The first kappa shape index (κ1) is 23.9. The molecular formula is C26H31N3O4S. The summed E-state index contributed by atoms with van der Waals surface area (Å²) in [5.74, 6) is 0.720. The summed E-state index contributed by atoms with van der Waals surface area (Å²) < 4.78 is 40.1. The molecule has 1 aliphatic rings. The second kappa shape index (κ2) is 9.95. The third-order valence-corrected chi connectivity index (χ3v) is 7.67. The third-order valence-electron chi connectivity index (χ3n) is 6.22. The molecule has 0 aromatic heterocycles. The fraction of sp³-hybridized carbons (Fsp3) is 0.308. The van der Waals surface area contributed by atoms with Crippen LogP contribution in [0.4, 0.5) is 11.4 Å². The molecule has 1 heterocycles. The predicted octanol–water partition coefficient (Wildman–Crippen LogP) is 3.85. The minimum atomic E-state index is -3.86. The van der Waals surface area contributed by atoms with Crippen molar-refractivity contribution < 1.29 is 17.9 Å². The maximum absolute atomic E-state index is 13.3.